The Bertz CT molecular complexity index is 502. The van der Waals surface area contributed by atoms with Crippen LogP contribution >= 0.6 is 0 Å². The summed E-state index contributed by atoms with van der Waals surface area (Å²) in [6.07, 6.45) is 7.14. The molecule has 0 unspecified atom stereocenters. The fourth-order valence-electron chi connectivity index (χ4n) is 2.99. The molecule has 1 aromatic rings. The van der Waals surface area contributed by atoms with Gasteiger partial charge in [-0.05, 0) is 46.9 Å². The van der Waals surface area contributed by atoms with Crippen LogP contribution in [-0.2, 0) is 12.8 Å². The quantitative estimate of drug-likeness (QED) is 0.689. The molecule has 0 heteroatoms. The zero-order valence-electron chi connectivity index (χ0n) is 11.9. The maximum absolute atomic E-state index is 2.42. The van der Waals surface area contributed by atoms with Crippen molar-refractivity contribution in [3.8, 4) is 0 Å². The number of hydrogen-bond acceptors (Lipinski definition) is 0. The summed E-state index contributed by atoms with van der Waals surface area (Å²) in [6.45, 7) is 9.18. The summed E-state index contributed by atoms with van der Waals surface area (Å²) in [5, 5.41) is 0. The highest BCUT2D eigenvalue weighted by molar-refractivity contribution is 5.72. The van der Waals surface area contributed by atoms with Crippen molar-refractivity contribution in [3.05, 3.63) is 45.5 Å². The summed E-state index contributed by atoms with van der Waals surface area (Å²) in [6, 6.07) is 4.85. The minimum atomic E-state index is 0.675. The average molecular weight is 238 g/mol. The van der Waals surface area contributed by atoms with Crippen LogP contribution in [0.1, 0.15) is 49.9 Å². The first-order chi connectivity index (χ1) is 8.54. The van der Waals surface area contributed by atoms with Crippen molar-refractivity contribution in [1.82, 2.24) is 0 Å². The van der Waals surface area contributed by atoms with Gasteiger partial charge in [-0.25, -0.2) is 0 Å². The summed E-state index contributed by atoms with van der Waals surface area (Å²) < 4.78 is 0. The Morgan fingerprint density at radius 1 is 0.722 bits per heavy atom. The lowest BCUT2D eigenvalue weighted by atomic mass is 9.99. The Morgan fingerprint density at radius 3 is 1.44 bits per heavy atom. The van der Waals surface area contributed by atoms with Crippen LogP contribution in [0.25, 0.3) is 12.2 Å². The van der Waals surface area contributed by atoms with E-state index < -0.39 is 0 Å². The van der Waals surface area contributed by atoms with Crippen molar-refractivity contribution in [3.63, 3.8) is 0 Å². The molecule has 0 atom stereocenters. The van der Waals surface area contributed by atoms with Crippen LogP contribution in [0.15, 0.2) is 23.3 Å². The Balaban J connectivity index is 1.95. The van der Waals surface area contributed by atoms with Gasteiger partial charge in [0.2, 0.25) is 0 Å². The zero-order valence-corrected chi connectivity index (χ0v) is 11.9. The van der Waals surface area contributed by atoms with Gasteiger partial charge in [-0.15, -0.1) is 0 Å². The summed E-state index contributed by atoms with van der Waals surface area (Å²) in [4.78, 5) is 0. The lowest BCUT2D eigenvalue weighted by Gasteiger charge is -2.06. The summed E-state index contributed by atoms with van der Waals surface area (Å²) >= 11 is 0. The van der Waals surface area contributed by atoms with Crippen molar-refractivity contribution in [2.75, 3.05) is 0 Å². The second kappa shape index (κ2) is 4.12. The predicted octanol–water partition coefficient (Wildman–Crippen LogP) is 4.88. The molecule has 2 aliphatic carbocycles. The van der Waals surface area contributed by atoms with Gasteiger partial charge >= 0.3 is 0 Å². The molecule has 0 heterocycles. The largest absolute Gasteiger partial charge is 0.0626 e. The van der Waals surface area contributed by atoms with Crippen LogP contribution in [0.3, 0.4) is 0 Å². The molecule has 0 bridgehead atoms. The normalized spacial score (nSPS) is 17.0. The van der Waals surface area contributed by atoms with Crippen LogP contribution in [0.4, 0.5) is 0 Å². The van der Waals surface area contributed by atoms with E-state index in [1.165, 1.54) is 22.3 Å². The number of rotatable bonds is 2. The molecule has 94 valence electrons. The molecule has 0 nitrogen and oxygen atoms in total. The second-order valence-electron chi connectivity index (χ2n) is 6.35. The third-order valence-corrected chi connectivity index (χ3v) is 4.36. The van der Waals surface area contributed by atoms with Crippen LogP contribution in [0.2, 0.25) is 0 Å². The van der Waals surface area contributed by atoms with Crippen LogP contribution in [-0.4, -0.2) is 0 Å². The molecule has 0 spiro atoms. The van der Waals surface area contributed by atoms with Gasteiger partial charge < -0.3 is 0 Å². The molecule has 0 N–H and O–H groups in total. The monoisotopic (exact) mass is 238 g/mol. The lowest BCUT2D eigenvalue weighted by Crippen LogP contribution is -1.94. The van der Waals surface area contributed by atoms with E-state index in [-0.39, 0.29) is 0 Å². The molecular weight excluding hydrogens is 216 g/mol. The van der Waals surface area contributed by atoms with Gasteiger partial charge in [0, 0.05) is 0 Å². The topological polar surface area (TPSA) is 0 Å². The van der Waals surface area contributed by atoms with Crippen molar-refractivity contribution < 1.29 is 0 Å². The van der Waals surface area contributed by atoms with Gasteiger partial charge in [-0.1, -0.05) is 63.1 Å². The molecule has 2 aliphatic rings. The Labute approximate surface area is 110 Å². The van der Waals surface area contributed by atoms with Crippen molar-refractivity contribution in [2.45, 2.75) is 40.5 Å². The standard InChI is InChI=1S/C18H22/c1-11(2)13-5-15-9-17-7-14(12(3)4)8-18(17)10-16(15)6-13/h5,8-12H,6-7H2,1-4H3. The molecule has 0 saturated heterocycles. The molecule has 0 radical (unpaired) electrons. The van der Waals surface area contributed by atoms with Crippen LogP contribution < -0.4 is 0 Å². The van der Waals surface area contributed by atoms with Crippen molar-refractivity contribution in [1.29, 1.82) is 0 Å². The van der Waals surface area contributed by atoms with E-state index in [1.807, 2.05) is 0 Å². The molecule has 0 aromatic heterocycles. The summed E-state index contributed by atoms with van der Waals surface area (Å²) in [5.74, 6) is 1.35. The van der Waals surface area contributed by atoms with E-state index >= 15 is 0 Å². The highest BCUT2D eigenvalue weighted by Gasteiger charge is 2.21. The minimum Gasteiger partial charge on any atom is -0.0626 e. The average Bonchev–Trinajstić information content (AvgIpc) is 2.87. The van der Waals surface area contributed by atoms with E-state index in [2.05, 4.69) is 52.0 Å². The summed E-state index contributed by atoms with van der Waals surface area (Å²) in [7, 11) is 0. The predicted molar refractivity (Wildman–Crippen MR) is 79.5 cm³/mol. The van der Waals surface area contributed by atoms with Gasteiger partial charge in [0.05, 0.1) is 0 Å². The first-order valence-electron chi connectivity index (χ1n) is 7.11. The SMILES string of the molecule is CC(C)C1=Cc2cc3c(cc2C1)C=C(C(C)C)C3. The second-order valence-corrected chi connectivity index (χ2v) is 6.35. The molecule has 18 heavy (non-hydrogen) atoms. The van der Waals surface area contributed by atoms with E-state index in [9.17, 15) is 0 Å². The molecule has 0 amide bonds. The van der Waals surface area contributed by atoms with Gasteiger partial charge in [0.25, 0.3) is 0 Å². The number of benzene rings is 1. The number of hydrogen-bond donors (Lipinski definition) is 0. The Kier molecular flexibility index (Phi) is 2.69. The van der Waals surface area contributed by atoms with Crippen molar-refractivity contribution >= 4 is 12.2 Å². The molecular formula is C18H22. The maximum atomic E-state index is 2.42. The first kappa shape index (κ1) is 11.8. The smallest absolute Gasteiger partial charge is 0.00550 e. The molecule has 1 aromatic carbocycles. The van der Waals surface area contributed by atoms with Gasteiger partial charge in [-0.2, -0.15) is 0 Å². The molecule has 0 fully saturated rings. The van der Waals surface area contributed by atoms with Gasteiger partial charge in [0.1, 0.15) is 0 Å². The maximum Gasteiger partial charge on any atom is -0.00550 e. The third kappa shape index (κ3) is 1.84. The zero-order chi connectivity index (χ0) is 12.9. The lowest BCUT2D eigenvalue weighted by molar-refractivity contribution is 0.754. The summed E-state index contributed by atoms with van der Waals surface area (Å²) in [5.41, 5.74) is 9.16. The molecule has 0 saturated carbocycles. The first-order valence-corrected chi connectivity index (χ1v) is 7.11. The van der Waals surface area contributed by atoms with E-state index in [0.29, 0.717) is 11.8 Å². The Hall–Kier alpha value is -1.30. The highest BCUT2D eigenvalue weighted by atomic mass is 14.3. The van der Waals surface area contributed by atoms with Gasteiger partial charge in [-0.3, -0.25) is 0 Å². The fourth-order valence-corrected chi connectivity index (χ4v) is 2.99. The van der Waals surface area contributed by atoms with E-state index in [4.69, 9.17) is 0 Å². The molecule has 0 aliphatic heterocycles. The third-order valence-electron chi connectivity index (χ3n) is 4.36. The minimum absolute atomic E-state index is 0.675. The fraction of sp³-hybridized carbons (Fsp3) is 0.444. The number of fused-ring (bicyclic) bond motifs is 2. The van der Waals surface area contributed by atoms with Crippen molar-refractivity contribution in [2.24, 2.45) is 11.8 Å². The van der Waals surface area contributed by atoms with Crippen LogP contribution in [0.5, 0.6) is 0 Å². The molecule has 3 rings (SSSR count). The van der Waals surface area contributed by atoms with Crippen LogP contribution in [0, 0.1) is 11.8 Å². The highest BCUT2D eigenvalue weighted by Crippen LogP contribution is 2.36. The number of allylic oxidation sites excluding steroid dienone is 2. The van der Waals surface area contributed by atoms with E-state index in [0.717, 1.165) is 12.8 Å². The van der Waals surface area contributed by atoms with E-state index in [1.54, 1.807) is 11.1 Å². The van der Waals surface area contributed by atoms with Gasteiger partial charge in [0.15, 0.2) is 0 Å². The Morgan fingerprint density at radius 2 is 1.11 bits per heavy atom.